The van der Waals surface area contributed by atoms with E-state index in [2.05, 4.69) is 15.9 Å². The highest BCUT2D eigenvalue weighted by atomic mass is 79.9. The lowest BCUT2D eigenvalue weighted by molar-refractivity contribution is -0.0885. The van der Waals surface area contributed by atoms with Crippen LogP contribution in [0.1, 0.15) is 20.7 Å². The molecule has 16 heavy (non-hydrogen) atoms. The molecule has 7 heteroatoms. The lowest BCUT2D eigenvalue weighted by Crippen LogP contribution is -2.23. The summed E-state index contributed by atoms with van der Waals surface area (Å²) in [6.07, 6.45) is -5.02. The van der Waals surface area contributed by atoms with Crippen molar-refractivity contribution in [2.75, 3.05) is 0 Å². The van der Waals surface area contributed by atoms with Crippen molar-refractivity contribution in [1.82, 2.24) is 0 Å². The molecular weight excluding hydrogens is 293 g/mol. The Morgan fingerprint density at radius 1 is 1.12 bits per heavy atom. The normalized spacial score (nSPS) is 11.2. The number of carboxylic acids is 1. The van der Waals surface area contributed by atoms with Crippen molar-refractivity contribution in [3.8, 4) is 0 Å². The molecule has 3 nitrogen and oxygen atoms in total. The topological polar surface area (TPSA) is 54.4 Å². The molecule has 1 rings (SSSR count). The first-order valence-corrected chi connectivity index (χ1v) is 4.66. The van der Waals surface area contributed by atoms with Gasteiger partial charge in [0.2, 0.25) is 0 Å². The summed E-state index contributed by atoms with van der Waals surface area (Å²) in [4.78, 5) is 21.4. The van der Waals surface area contributed by atoms with Crippen molar-refractivity contribution >= 4 is 27.7 Å². The van der Waals surface area contributed by atoms with Gasteiger partial charge in [0.25, 0.3) is 5.78 Å². The molecule has 0 aromatic heterocycles. The van der Waals surface area contributed by atoms with E-state index >= 15 is 0 Å². The fraction of sp³-hybridized carbons (Fsp3) is 0.111. The second-order valence-corrected chi connectivity index (χ2v) is 3.78. The van der Waals surface area contributed by atoms with E-state index in [1.165, 1.54) is 0 Å². The predicted octanol–water partition coefficient (Wildman–Crippen LogP) is 2.89. The molecule has 1 N–H and O–H groups in total. The minimum atomic E-state index is -5.02. The largest absolute Gasteiger partial charge is 0.478 e. The van der Waals surface area contributed by atoms with Gasteiger partial charge in [-0.25, -0.2) is 4.79 Å². The van der Waals surface area contributed by atoms with Gasteiger partial charge in [0.05, 0.1) is 5.56 Å². The molecule has 1 aromatic carbocycles. The first kappa shape index (κ1) is 12.7. The Hall–Kier alpha value is -1.37. The highest BCUT2D eigenvalue weighted by molar-refractivity contribution is 9.10. The van der Waals surface area contributed by atoms with Crippen LogP contribution < -0.4 is 0 Å². The quantitative estimate of drug-likeness (QED) is 0.854. The molecule has 0 saturated heterocycles. The zero-order chi connectivity index (χ0) is 12.5. The van der Waals surface area contributed by atoms with Gasteiger partial charge >= 0.3 is 12.1 Å². The Bertz CT molecular complexity index is 454. The molecule has 0 atom stereocenters. The second-order valence-electron chi connectivity index (χ2n) is 2.86. The van der Waals surface area contributed by atoms with Gasteiger partial charge in [0, 0.05) is 10.0 Å². The van der Waals surface area contributed by atoms with Crippen LogP contribution in [0.5, 0.6) is 0 Å². The summed E-state index contributed by atoms with van der Waals surface area (Å²) in [5, 5.41) is 8.60. The Kier molecular flexibility index (Phi) is 3.37. The number of hydrogen-bond donors (Lipinski definition) is 1. The maximum atomic E-state index is 12.1. The zero-order valence-electron chi connectivity index (χ0n) is 7.51. The van der Waals surface area contributed by atoms with E-state index in [-0.39, 0.29) is 10.0 Å². The molecule has 0 radical (unpaired) electrons. The van der Waals surface area contributed by atoms with Crippen LogP contribution in [0.25, 0.3) is 0 Å². The van der Waals surface area contributed by atoms with Gasteiger partial charge in [-0.1, -0.05) is 15.9 Å². The van der Waals surface area contributed by atoms with Gasteiger partial charge in [0.1, 0.15) is 0 Å². The average molecular weight is 297 g/mol. The van der Waals surface area contributed by atoms with Crippen LogP contribution in [0.3, 0.4) is 0 Å². The van der Waals surface area contributed by atoms with Crippen molar-refractivity contribution in [1.29, 1.82) is 0 Å². The minimum absolute atomic E-state index is 0.0972. The van der Waals surface area contributed by atoms with Crippen LogP contribution in [-0.4, -0.2) is 23.0 Å². The summed E-state index contributed by atoms with van der Waals surface area (Å²) in [5.41, 5.74) is -1.10. The molecular formula is C9H4BrF3O3. The Morgan fingerprint density at radius 2 is 1.62 bits per heavy atom. The third-order valence-electron chi connectivity index (χ3n) is 1.66. The fourth-order valence-corrected chi connectivity index (χ4v) is 1.50. The maximum absolute atomic E-state index is 12.1. The Morgan fingerprint density at radius 3 is 2.06 bits per heavy atom. The molecule has 0 unspecified atom stereocenters. The number of carbonyl (C=O) groups excluding carboxylic acids is 1. The lowest BCUT2D eigenvalue weighted by atomic mass is 10.1. The SMILES string of the molecule is O=C(O)c1cc(Br)cc(C(=O)C(F)(F)F)c1. The van der Waals surface area contributed by atoms with Gasteiger partial charge in [-0.3, -0.25) is 4.79 Å². The van der Waals surface area contributed by atoms with Gasteiger partial charge in [-0.05, 0) is 18.2 Å². The van der Waals surface area contributed by atoms with E-state index in [9.17, 15) is 22.8 Å². The highest BCUT2D eigenvalue weighted by Crippen LogP contribution is 2.24. The zero-order valence-corrected chi connectivity index (χ0v) is 9.09. The molecule has 0 heterocycles. The molecule has 0 amide bonds. The molecule has 0 aliphatic carbocycles. The summed E-state index contributed by atoms with van der Waals surface area (Å²) >= 11 is 2.83. The first-order valence-electron chi connectivity index (χ1n) is 3.87. The number of halogens is 4. The molecule has 0 spiro atoms. The van der Waals surface area contributed by atoms with E-state index in [0.29, 0.717) is 6.07 Å². The number of Topliss-reactive ketones (excluding diaryl/α,β-unsaturated/α-hetero) is 1. The molecule has 86 valence electrons. The molecule has 0 saturated carbocycles. The molecule has 0 aliphatic heterocycles. The van der Waals surface area contributed by atoms with Crippen molar-refractivity contribution < 1.29 is 27.9 Å². The summed E-state index contributed by atoms with van der Waals surface area (Å²) in [6.45, 7) is 0. The predicted molar refractivity (Wildman–Crippen MR) is 51.5 cm³/mol. The number of carbonyl (C=O) groups is 2. The number of ketones is 1. The van der Waals surface area contributed by atoms with Crippen LogP contribution in [0, 0.1) is 0 Å². The molecule has 0 bridgehead atoms. The van der Waals surface area contributed by atoms with Crippen LogP contribution >= 0.6 is 15.9 Å². The standard InChI is InChI=1S/C9H4BrF3O3/c10-6-2-4(7(14)9(11,12)13)1-5(3-6)8(15)16/h1-3H,(H,15,16). The fourth-order valence-electron chi connectivity index (χ4n) is 1.01. The molecule has 1 aromatic rings. The van der Waals surface area contributed by atoms with Crippen molar-refractivity contribution in [2.24, 2.45) is 0 Å². The summed E-state index contributed by atoms with van der Waals surface area (Å²) in [6, 6.07) is 2.71. The van der Waals surface area contributed by atoms with Gasteiger partial charge in [0.15, 0.2) is 0 Å². The number of carboxylic acid groups (broad SMARTS) is 1. The monoisotopic (exact) mass is 296 g/mol. The third-order valence-corrected chi connectivity index (χ3v) is 2.12. The van der Waals surface area contributed by atoms with Crippen molar-refractivity contribution in [2.45, 2.75) is 6.18 Å². The number of alkyl halides is 3. The molecule has 0 aliphatic rings. The van der Waals surface area contributed by atoms with E-state index < -0.39 is 23.5 Å². The van der Waals surface area contributed by atoms with Crippen molar-refractivity contribution in [3.05, 3.63) is 33.8 Å². The van der Waals surface area contributed by atoms with Crippen LogP contribution in [0.2, 0.25) is 0 Å². The third kappa shape index (κ3) is 2.82. The van der Waals surface area contributed by atoms with Crippen molar-refractivity contribution in [3.63, 3.8) is 0 Å². The van der Waals surface area contributed by atoms with Crippen LogP contribution in [-0.2, 0) is 0 Å². The van der Waals surface area contributed by atoms with E-state index in [4.69, 9.17) is 5.11 Å². The van der Waals surface area contributed by atoms with Gasteiger partial charge in [-0.2, -0.15) is 13.2 Å². The van der Waals surface area contributed by atoms with Crippen LogP contribution in [0.4, 0.5) is 13.2 Å². The summed E-state index contributed by atoms with van der Waals surface area (Å²) < 4.78 is 36.4. The first-order chi connectivity index (χ1) is 7.21. The number of hydrogen-bond acceptors (Lipinski definition) is 2. The minimum Gasteiger partial charge on any atom is -0.478 e. The van der Waals surface area contributed by atoms with E-state index in [0.717, 1.165) is 12.1 Å². The molecule has 0 fully saturated rings. The average Bonchev–Trinajstić information content (AvgIpc) is 2.14. The number of rotatable bonds is 2. The van der Waals surface area contributed by atoms with E-state index in [1.54, 1.807) is 0 Å². The lowest BCUT2D eigenvalue weighted by Gasteiger charge is -2.06. The van der Waals surface area contributed by atoms with E-state index in [1.807, 2.05) is 0 Å². The number of aromatic carboxylic acids is 1. The van der Waals surface area contributed by atoms with Crippen LogP contribution in [0.15, 0.2) is 22.7 Å². The number of benzene rings is 1. The Balaban J connectivity index is 3.26. The highest BCUT2D eigenvalue weighted by Gasteiger charge is 2.39. The van der Waals surface area contributed by atoms with Gasteiger partial charge in [-0.15, -0.1) is 0 Å². The van der Waals surface area contributed by atoms with Gasteiger partial charge < -0.3 is 5.11 Å². The second kappa shape index (κ2) is 4.25. The Labute approximate surface area is 96.0 Å². The summed E-state index contributed by atoms with van der Waals surface area (Å²) in [7, 11) is 0. The summed E-state index contributed by atoms with van der Waals surface area (Å²) in [5.74, 6) is -3.48. The maximum Gasteiger partial charge on any atom is 0.454 e. The smallest absolute Gasteiger partial charge is 0.454 e.